The maximum absolute atomic E-state index is 2.48. The first kappa shape index (κ1) is 32.2. The van der Waals surface area contributed by atoms with Gasteiger partial charge in [0.2, 0.25) is 0 Å². The van der Waals surface area contributed by atoms with Gasteiger partial charge >= 0.3 is 0 Å². The summed E-state index contributed by atoms with van der Waals surface area (Å²) in [6, 6.07) is 70.4. The molecule has 0 radical (unpaired) electrons. The van der Waals surface area contributed by atoms with Crippen LogP contribution in [0, 0.1) is 41.7 Å². The molecule has 10 aromatic rings. The standard InChI is InChI=1S/C57H38/c1-34(2)39-27-28-42-47(33-39)51(38-23-13-6-14-24-38)57-46-32-31-44-52-43(29-30-45(53(46)52)56(57)50(42)37-21-11-5-12-22-37)54-48(35-17-7-3-8-18-35)40-25-15-16-26-41(40)49(55(44)54)36-19-9-4-10-20-36/h3-34H,1-2H3. The first-order valence-corrected chi connectivity index (χ1v) is 20.2. The fraction of sp³-hybridized carbons (Fsp3) is 0.0526. The summed E-state index contributed by atoms with van der Waals surface area (Å²) >= 11 is 0. The normalized spacial score (nSPS) is 12.2. The Bertz CT molecular complexity index is 3620. The maximum Gasteiger partial charge on any atom is -0.000740 e. The summed E-state index contributed by atoms with van der Waals surface area (Å²) in [5, 5.41) is 18.6. The predicted octanol–water partition coefficient (Wildman–Crippen LogP) is 14.7. The third-order valence-electron chi connectivity index (χ3n) is 12.7. The molecule has 2 aliphatic carbocycles. The van der Waals surface area contributed by atoms with Crippen LogP contribution in [0.5, 0.6) is 0 Å². The second-order valence-corrected chi connectivity index (χ2v) is 16.0. The van der Waals surface area contributed by atoms with Gasteiger partial charge in [0.15, 0.2) is 0 Å². The summed E-state index contributed by atoms with van der Waals surface area (Å²) in [5.41, 5.74) is 11.6. The highest BCUT2D eigenvalue weighted by Gasteiger charge is 2.24. The molecule has 2 aliphatic rings. The molecule has 0 unspecified atom stereocenters. The van der Waals surface area contributed by atoms with Crippen LogP contribution in [0.4, 0.5) is 0 Å². The smallest absolute Gasteiger partial charge is 0.000740 e. The first-order valence-electron chi connectivity index (χ1n) is 20.2. The molecule has 0 saturated heterocycles. The summed E-state index contributed by atoms with van der Waals surface area (Å²) in [6.45, 7) is 4.61. The van der Waals surface area contributed by atoms with Crippen molar-refractivity contribution in [1.82, 2.24) is 0 Å². The van der Waals surface area contributed by atoms with E-state index in [1.807, 2.05) is 0 Å². The Hall–Kier alpha value is -7.02. The molecule has 0 spiro atoms. The minimum atomic E-state index is 0.415. The molecular formula is C57H38. The van der Waals surface area contributed by atoms with Gasteiger partial charge in [-0.1, -0.05) is 202 Å². The molecule has 0 saturated carbocycles. The molecule has 57 heavy (non-hydrogen) atoms. The van der Waals surface area contributed by atoms with Gasteiger partial charge in [-0.05, 0) is 130 Å². The van der Waals surface area contributed by atoms with Crippen molar-refractivity contribution in [3.63, 3.8) is 0 Å². The lowest BCUT2D eigenvalue weighted by Crippen LogP contribution is -1.95. The summed E-state index contributed by atoms with van der Waals surface area (Å²) in [7, 11) is 0. The summed E-state index contributed by atoms with van der Waals surface area (Å²) in [4.78, 5) is 0. The lowest BCUT2D eigenvalue weighted by molar-refractivity contribution is 0.869. The van der Waals surface area contributed by atoms with Gasteiger partial charge < -0.3 is 0 Å². The third kappa shape index (κ3) is 4.50. The minimum absolute atomic E-state index is 0.415. The van der Waals surface area contributed by atoms with Crippen LogP contribution in [-0.4, -0.2) is 0 Å². The first-order chi connectivity index (χ1) is 28.2. The molecule has 0 nitrogen and oxygen atoms in total. The number of benzene rings is 10. The molecule has 0 atom stereocenters. The summed E-state index contributed by atoms with van der Waals surface area (Å²) in [5.74, 6) is 0.415. The average molecular weight is 723 g/mol. The largest absolute Gasteiger partial charge is 0.0622 e. The SMILES string of the molecule is CC(C)c1ccc2c(-c3ccccc3)c3c(c(-c4ccccc4)c2c1)=c1ccc2c4c(ccc=3c14)=c1c(-c3ccccc3)c3ccccc3c(-c3ccccc3)c1=2. The van der Waals surface area contributed by atoms with Gasteiger partial charge in [0.05, 0.1) is 0 Å². The number of hydrogen-bond donors (Lipinski definition) is 0. The Morgan fingerprint density at radius 3 is 0.912 bits per heavy atom. The summed E-state index contributed by atoms with van der Waals surface area (Å²) in [6.07, 6.45) is 0. The zero-order valence-electron chi connectivity index (χ0n) is 32.0. The van der Waals surface area contributed by atoms with E-state index in [4.69, 9.17) is 0 Å². The number of hydrogen-bond acceptors (Lipinski definition) is 0. The molecule has 0 heteroatoms. The van der Waals surface area contributed by atoms with E-state index in [9.17, 15) is 0 Å². The Balaban J connectivity index is 1.42. The van der Waals surface area contributed by atoms with Crippen LogP contribution >= 0.6 is 0 Å². The molecular weight excluding hydrogens is 685 g/mol. The Morgan fingerprint density at radius 2 is 0.579 bits per heavy atom. The van der Waals surface area contributed by atoms with Crippen molar-refractivity contribution < 1.29 is 0 Å². The van der Waals surface area contributed by atoms with Crippen LogP contribution in [0.25, 0.3) is 76.8 Å². The van der Waals surface area contributed by atoms with Gasteiger partial charge in [0, 0.05) is 0 Å². The lowest BCUT2D eigenvalue weighted by atomic mass is 9.86. The van der Waals surface area contributed by atoms with Crippen LogP contribution in [0.3, 0.4) is 0 Å². The lowest BCUT2D eigenvalue weighted by Gasteiger charge is -2.17. The molecule has 12 rings (SSSR count). The highest BCUT2D eigenvalue weighted by molar-refractivity contribution is 6.09. The van der Waals surface area contributed by atoms with E-state index in [0.29, 0.717) is 5.92 Å². The van der Waals surface area contributed by atoms with Gasteiger partial charge in [0.25, 0.3) is 0 Å². The highest BCUT2D eigenvalue weighted by Crippen LogP contribution is 2.45. The quantitative estimate of drug-likeness (QED) is 0.166. The fourth-order valence-corrected chi connectivity index (χ4v) is 10.3. The fourth-order valence-electron chi connectivity index (χ4n) is 10.3. The molecule has 0 fully saturated rings. The van der Waals surface area contributed by atoms with Crippen molar-refractivity contribution in [1.29, 1.82) is 0 Å². The molecule has 0 bridgehead atoms. The molecule has 0 amide bonds. The molecule has 0 aliphatic heterocycles. The van der Waals surface area contributed by atoms with E-state index in [1.165, 1.54) is 124 Å². The zero-order chi connectivity index (χ0) is 37.8. The Morgan fingerprint density at radius 1 is 0.281 bits per heavy atom. The van der Waals surface area contributed by atoms with Gasteiger partial charge in [-0.3, -0.25) is 0 Å². The number of fused-ring (bicyclic) bond motifs is 4. The van der Waals surface area contributed by atoms with E-state index in [-0.39, 0.29) is 0 Å². The maximum atomic E-state index is 2.48. The van der Waals surface area contributed by atoms with Crippen molar-refractivity contribution in [2.45, 2.75) is 19.8 Å². The van der Waals surface area contributed by atoms with Crippen molar-refractivity contribution in [3.8, 4) is 44.5 Å². The van der Waals surface area contributed by atoms with E-state index in [1.54, 1.807) is 0 Å². The van der Waals surface area contributed by atoms with E-state index in [0.717, 1.165) is 0 Å². The number of rotatable bonds is 5. The Kier molecular flexibility index (Phi) is 6.92. The Labute approximate surface area is 330 Å². The van der Waals surface area contributed by atoms with Crippen LogP contribution < -0.4 is 0 Å². The van der Waals surface area contributed by atoms with E-state index in [2.05, 4.69) is 202 Å². The summed E-state index contributed by atoms with van der Waals surface area (Å²) < 4.78 is 0. The van der Waals surface area contributed by atoms with E-state index >= 15 is 0 Å². The molecule has 266 valence electrons. The average Bonchev–Trinajstić information content (AvgIpc) is 3.78. The van der Waals surface area contributed by atoms with E-state index < -0.39 is 0 Å². The highest BCUT2D eigenvalue weighted by atomic mass is 14.3. The second-order valence-electron chi connectivity index (χ2n) is 16.0. The zero-order valence-corrected chi connectivity index (χ0v) is 32.0. The topological polar surface area (TPSA) is 0 Å². The van der Waals surface area contributed by atoms with Crippen LogP contribution in [0.15, 0.2) is 188 Å². The van der Waals surface area contributed by atoms with Crippen molar-refractivity contribution >= 4 is 32.3 Å². The van der Waals surface area contributed by atoms with Gasteiger partial charge in [-0.2, -0.15) is 0 Å². The second kappa shape index (κ2) is 12.2. The minimum Gasteiger partial charge on any atom is -0.0622 e. The van der Waals surface area contributed by atoms with Gasteiger partial charge in [0.1, 0.15) is 0 Å². The molecule has 0 N–H and O–H groups in total. The monoisotopic (exact) mass is 722 g/mol. The van der Waals surface area contributed by atoms with Crippen molar-refractivity contribution in [2.24, 2.45) is 0 Å². The molecule has 0 heterocycles. The predicted molar refractivity (Wildman–Crippen MR) is 238 cm³/mol. The van der Waals surface area contributed by atoms with Crippen molar-refractivity contribution in [2.75, 3.05) is 0 Å². The van der Waals surface area contributed by atoms with Gasteiger partial charge in [-0.25, -0.2) is 0 Å². The third-order valence-corrected chi connectivity index (χ3v) is 12.7. The molecule has 0 aromatic heterocycles. The molecule has 10 aromatic carbocycles. The van der Waals surface area contributed by atoms with Crippen molar-refractivity contribution in [3.05, 3.63) is 235 Å². The van der Waals surface area contributed by atoms with Crippen LogP contribution in [0.2, 0.25) is 0 Å². The van der Waals surface area contributed by atoms with Gasteiger partial charge in [-0.15, -0.1) is 0 Å². The van der Waals surface area contributed by atoms with Crippen LogP contribution in [0.1, 0.15) is 25.3 Å². The van der Waals surface area contributed by atoms with Crippen LogP contribution in [-0.2, 0) is 0 Å².